The van der Waals surface area contributed by atoms with Crippen LogP contribution in [-0.4, -0.2) is 72.9 Å². The van der Waals surface area contributed by atoms with Gasteiger partial charge in [0.2, 0.25) is 11.8 Å². The number of para-hydroxylation sites is 1. The fourth-order valence-electron chi connectivity index (χ4n) is 3.26. The normalized spacial score (nSPS) is 20.4. The lowest BCUT2D eigenvalue weighted by Gasteiger charge is -2.36. The van der Waals surface area contributed by atoms with Crippen molar-refractivity contribution in [2.45, 2.75) is 18.9 Å². The molecular weight excluding hydrogens is 352 g/mol. The number of benzene rings is 1. The number of nitrogens with zero attached hydrogens (tertiary/aromatic N) is 2. The highest BCUT2D eigenvalue weighted by molar-refractivity contribution is 5.99. The summed E-state index contributed by atoms with van der Waals surface area (Å²) in [6, 6.07) is 5.64. The van der Waals surface area contributed by atoms with E-state index in [0.717, 1.165) is 0 Å². The lowest BCUT2D eigenvalue weighted by Crippen LogP contribution is -2.56. The Morgan fingerprint density at radius 1 is 1.07 bits per heavy atom. The smallest absolute Gasteiger partial charge is 0.322 e. The quantitative estimate of drug-likeness (QED) is 0.772. The van der Waals surface area contributed by atoms with E-state index in [1.165, 1.54) is 7.11 Å². The zero-order valence-corrected chi connectivity index (χ0v) is 15.1. The Bertz CT molecular complexity index is 758. The molecule has 144 valence electrons. The Balaban J connectivity index is 1.60. The van der Waals surface area contributed by atoms with Gasteiger partial charge in [0.05, 0.1) is 12.7 Å². The van der Waals surface area contributed by atoms with E-state index in [-0.39, 0.29) is 24.7 Å². The van der Waals surface area contributed by atoms with Gasteiger partial charge in [0, 0.05) is 32.6 Å². The van der Waals surface area contributed by atoms with Crippen molar-refractivity contribution in [3.8, 4) is 5.75 Å². The molecule has 0 saturated carbocycles. The van der Waals surface area contributed by atoms with Crippen LogP contribution < -0.4 is 15.4 Å². The molecule has 2 aliphatic rings. The van der Waals surface area contributed by atoms with Crippen LogP contribution in [0.15, 0.2) is 24.3 Å². The van der Waals surface area contributed by atoms with Crippen LogP contribution in [0.4, 0.5) is 4.79 Å². The standard InChI is InChI=1S/C18H22N4O5/c1-27-14-5-3-2-4-12(14)16(24)21-8-10-22(11-9-21)17(25)13-6-7-15(23)20-18(26)19-13/h2-5,13H,6-11H2,1H3,(H2,19,20,23,26). The van der Waals surface area contributed by atoms with Crippen LogP contribution in [0.3, 0.4) is 0 Å². The lowest BCUT2D eigenvalue weighted by molar-refractivity contribution is -0.134. The maximum Gasteiger partial charge on any atom is 0.322 e. The van der Waals surface area contributed by atoms with Crippen LogP contribution in [0.5, 0.6) is 5.75 Å². The maximum absolute atomic E-state index is 12.7. The number of amides is 5. The van der Waals surface area contributed by atoms with Crippen molar-refractivity contribution in [2.24, 2.45) is 0 Å². The number of hydrogen-bond donors (Lipinski definition) is 2. The first-order valence-corrected chi connectivity index (χ1v) is 8.81. The number of piperazine rings is 1. The minimum atomic E-state index is -0.729. The summed E-state index contributed by atoms with van der Waals surface area (Å²) < 4.78 is 5.24. The molecule has 2 aliphatic heterocycles. The molecule has 5 amide bonds. The van der Waals surface area contributed by atoms with Crippen LogP contribution in [-0.2, 0) is 9.59 Å². The third-order valence-electron chi connectivity index (χ3n) is 4.73. The van der Waals surface area contributed by atoms with E-state index >= 15 is 0 Å². The lowest BCUT2D eigenvalue weighted by atomic mass is 10.1. The van der Waals surface area contributed by atoms with Crippen molar-refractivity contribution in [1.82, 2.24) is 20.4 Å². The summed E-state index contributed by atoms with van der Waals surface area (Å²) >= 11 is 0. The zero-order valence-electron chi connectivity index (χ0n) is 15.1. The van der Waals surface area contributed by atoms with Crippen LogP contribution in [0.25, 0.3) is 0 Å². The molecule has 1 atom stereocenters. The van der Waals surface area contributed by atoms with Crippen LogP contribution >= 0.6 is 0 Å². The molecule has 0 bridgehead atoms. The molecule has 1 aromatic rings. The monoisotopic (exact) mass is 374 g/mol. The third kappa shape index (κ3) is 4.18. The summed E-state index contributed by atoms with van der Waals surface area (Å²) in [5.41, 5.74) is 0.486. The molecule has 0 aromatic heterocycles. The minimum Gasteiger partial charge on any atom is -0.496 e. The van der Waals surface area contributed by atoms with E-state index in [1.54, 1.807) is 34.1 Å². The second-order valence-electron chi connectivity index (χ2n) is 6.43. The van der Waals surface area contributed by atoms with Crippen molar-refractivity contribution in [2.75, 3.05) is 33.3 Å². The summed E-state index contributed by atoms with van der Waals surface area (Å²) in [6.07, 6.45) is 0.373. The second-order valence-corrected chi connectivity index (χ2v) is 6.43. The first-order chi connectivity index (χ1) is 13.0. The van der Waals surface area contributed by atoms with E-state index in [9.17, 15) is 19.2 Å². The number of carbonyl (C=O) groups excluding carboxylic acids is 4. The van der Waals surface area contributed by atoms with Crippen LogP contribution in [0, 0.1) is 0 Å². The molecule has 9 nitrogen and oxygen atoms in total. The largest absolute Gasteiger partial charge is 0.496 e. The molecule has 3 rings (SSSR count). The van der Waals surface area contributed by atoms with Crippen molar-refractivity contribution in [1.29, 1.82) is 0 Å². The molecule has 2 saturated heterocycles. The highest BCUT2D eigenvalue weighted by Gasteiger charge is 2.32. The predicted octanol–water partition coefficient (Wildman–Crippen LogP) is -0.0322. The Morgan fingerprint density at radius 2 is 1.74 bits per heavy atom. The number of ether oxygens (including phenoxy) is 1. The third-order valence-corrected chi connectivity index (χ3v) is 4.73. The zero-order chi connectivity index (χ0) is 19.4. The molecule has 2 N–H and O–H groups in total. The summed E-state index contributed by atoms with van der Waals surface area (Å²) in [6.45, 7) is 1.52. The number of imide groups is 1. The topological polar surface area (TPSA) is 108 Å². The Hall–Kier alpha value is -3.10. The Labute approximate surface area is 156 Å². The van der Waals surface area contributed by atoms with Gasteiger partial charge in [-0.3, -0.25) is 19.7 Å². The Morgan fingerprint density at radius 3 is 2.44 bits per heavy atom. The van der Waals surface area contributed by atoms with Gasteiger partial charge >= 0.3 is 6.03 Å². The number of rotatable bonds is 3. The number of methoxy groups -OCH3 is 1. The van der Waals surface area contributed by atoms with Crippen molar-refractivity contribution in [3.63, 3.8) is 0 Å². The van der Waals surface area contributed by atoms with Gasteiger partial charge in [-0.2, -0.15) is 0 Å². The summed E-state index contributed by atoms with van der Waals surface area (Å²) in [5.74, 6) is -0.254. The average molecular weight is 374 g/mol. The van der Waals surface area contributed by atoms with E-state index in [1.807, 2.05) is 0 Å². The molecule has 2 heterocycles. The molecule has 0 aliphatic carbocycles. The summed E-state index contributed by atoms with van der Waals surface area (Å²) in [4.78, 5) is 51.6. The fourth-order valence-corrected chi connectivity index (χ4v) is 3.26. The molecule has 0 radical (unpaired) electrons. The maximum atomic E-state index is 12.7. The van der Waals surface area contributed by atoms with Gasteiger partial charge in [0.1, 0.15) is 11.8 Å². The number of hydrogen-bond acceptors (Lipinski definition) is 5. The number of nitrogens with one attached hydrogen (secondary N) is 2. The van der Waals surface area contributed by atoms with E-state index < -0.39 is 18.0 Å². The van der Waals surface area contributed by atoms with Gasteiger partial charge in [0.25, 0.3) is 5.91 Å². The summed E-state index contributed by atoms with van der Waals surface area (Å²) in [7, 11) is 1.52. The van der Waals surface area contributed by atoms with Gasteiger partial charge in [-0.05, 0) is 18.6 Å². The molecule has 1 aromatic carbocycles. The average Bonchev–Trinajstić information content (AvgIpc) is 2.87. The van der Waals surface area contributed by atoms with Crippen LogP contribution in [0.1, 0.15) is 23.2 Å². The fraction of sp³-hybridized carbons (Fsp3) is 0.444. The first kappa shape index (κ1) is 18.7. The Kier molecular flexibility index (Phi) is 5.58. The molecule has 9 heteroatoms. The molecular formula is C18H22N4O5. The van der Waals surface area contributed by atoms with Gasteiger partial charge in [-0.15, -0.1) is 0 Å². The van der Waals surface area contributed by atoms with Crippen molar-refractivity contribution < 1.29 is 23.9 Å². The molecule has 0 spiro atoms. The highest BCUT2D eigenvalue weighted by Crippen LogP contribution is 2.20. The van der Waals surface area contributed by atoms with E-state index in [2.05, 4.69) is 10.6 Å². The summed E-state index contributed by atoms with van der Waals surface area (Å²) in [5, 5.41) is 4.68. The van der Waals surface area contributed by atoms with Gasteiger partial charge in [-0.25, -0.2) is 4.79 Å². The van der Waals surface area contributed by atoms with E-state index in [0.29, 0.717) is 37.5 Å². The first-order valence-electron chi connectivity index (χ1n) is 8.81. The number of urea groups is 1. The molecule has 1 unspecified atom stereocenters. The van der Waals surface area contributed by atoms with Gasteiger partial charge in [0.15, 0.2) is 0 Å². The van der Waals surface area contributed by atoms with Gasteiger partial charge < -0.3 is 19.9 Å². The van der Waals surface area contributed by atoms with E-state index in [4.69, 9.17) is 4.74 Å². The molecule has 27 heavy (non-hydrogen) atoms. The van der Waals surface area contributed by atoms with Gasteiger partial charge in [-0.1, -0.05) is 12.1 Å². The minimum absolute atomic E-state index is 0.112. The SMILES string of the molecule is COc1ccccc1C(=O)N1CCN(C(=O)C2CCC(=O)NC(=O)N2)CC1. The second kappa shape index (κ2) is 8.07. The predicted molar refractivity (Wildman–Crippen MR) is 95.2 cm³/mol. The van der Waals surface area contributed by atoms with Crippen molar-refractivity contribution >= 4 is 23.8 Å². The highest BCUT2D eigenvalue weighted by atomic mass is 16.5. The molecule has 2 fully saturated rings. The number of carbonyl (C=O) groups is 4. The van der Waals surface area contributed by atoms with Crippen LogP contribution in [0.2, 0.25) is 0 Å². The van der Waals surface area contributed by atoms with Crippen molar-refractivity contribution in [3.05, 3.63) is 29.8 Å².